The zero-order chi connectivity index (χ0) is 17.8. The molecule has 6 heteroatoms. The molecule has 0 radical (unpaired) electrons. The van der Waals surface area contributed by atoms with Gasteiger partial charge in [0.15, 0.2) is 0 Å². The van der Waals surface area contributed by atoms with Crippen LogP contribution in [0.3, 0.4) is 0 Å². The van der Waals surface area contributed by atoms with Crippen LogP contribution in [0.25, 0.3) is 0 Å². The number of hydrogen-bond acceptors (Lipinski definition) is 5. The number of ether oxygens (including phenoxy) is 1. The molecular weight excluding hydrogens is 324 g/mol. The Morgan fingerprint density at radius 3 is 2.58 bits per heavy atom. The minimum absolute atomic E-state index is 0.212. The molecule has 0 bridgehead atoms. The van der Waals surface area contributed by atoms with Gasteiger partial charge in [0.1, 0.15) is 18.5 Å². The van der Waals surface area contributed by atoms with Gasteiger partial charge in [-0.05, 0) is 50.2 Å². The molecule has 24 heavy (non-hydrogen) atoms. The van der Waals surface area contributed by atoms with E-state index in [4.69, 9.17) is 10.00 Å². The summed E-state index contributed by atoms with van der Waals surface area (Å²) in [5.74, 6) is 2.14. The molecule has 0 heterocycles. The molecule has 1 aromatic rings. The van der Waals surface area contributed by atoms with Crippen molar-refractivity contribution in [3.8, 4) is 11.8 Å². The molecule has 0 amide bonds. The number of nitrogens with zero attached hydrogens (tertiary/aromatic N) is 2. The maximum atomic E-state index is 11.6. The smallest absolute Gasteiger partial charge is 0.119 e. The highest BCUT2D eigenvalue weighted by Crippen LogP contribution is 2.12. The first-order valence-electron chi connectivity index (χ1n) is 8.47. The van der Waals surface area contributed by atoms with E-state index in [1.807, 2.05) is 6.92 Å². The highest BCUT2D eigenvalue weighted by atomic mass is 32.2. The summed E-state index contributed by atoms with van der Waals surface area (Å²) < 4.78 is 17.2. The zero-order valence-electron chi connectivity index (χ0n) is 14.6. The van der Waals surface area contributed by atoms with E-state index in [1.54, 1.807) is 24.3 Å². The highest BCUT2D eigenvalue weighted by molar-refractivity contribution is 7.84. The molecule has 0 saturated heterocycles. The van der Waals surface area contributed by atoms with Crippen molar-refractivity contribution in [3.63, 3.8) is 0 Å². The van der Waals surface area contributed by atoms with Gasteiger partial charge < -0.3 is 14.7 Å². The molecule has 0 aliphatic carbocycles. The second kappa shape index (κ2) is 12.0. The third-order valence-corrected chi connectivity index (χ3v) is 5.23. The average Bonchev–Trinajstić information content (AvgIpc) is 2.59. The summed E-state index contributed by atoms with van der Waals surface area (Å²) in [6, 6.07) is 8.89. The van der Waals surface area contributed by atoms with Gasteiger partial charge in [0.25, 0.3) is 0 Å². The maximum Gasteiger partial charge on any atom is 0.119 e. The van der Waals surface area contributed by atoms with Gasteiger partial charge >= 0.3 is 0 Å². The Labute approximate surface area is 147 Å². The van der Waals surface area contributed by atoms with Crippen molar-refractivity contribution in [2.45, 2.75) is 32.8 Å². The Balaban J connectivity index is 2.28. The summed E-state index contributed by atoms with van der Waals surface area (Å²) in [7, 11) is -0.719. The predicted molar refractivity (Wildman–Crippen MR) is 97.6 cm³/mol. The van der Waals surface area contributed by atoms with Crippen molar-refractivity contribution >= 4 is 10.8 Å². The lowest BCUT2D eigenvalue weighted by Crippen LogP contribution is -2.36. The lowest BCUT2D eigenvalue weighted by molar-refractivity contribution is 0.0700. The first-order valence-corrected chi connectivity index (χ1v) is 9.96. The molecule has 2 atom stereocenters. The van der Waals surface area contributed by atoms with Crippen molar-refractivity contribution < 1.29 is 14.1 Å². The number of likely N-dealkylation sites (N-methyl/N-ethyl adjacent to an activating group) is 1. The Morgan fingerprint density at radius 2 is 2.00 bits per heavy atom. The molecule has 0 aliphatic rings. The monoisotopic (exact) mass is 352 g/mol. The lowest BCUT2D eigenvalue weighted by Gasteiger charge is -2.23. The van der Waals surface area contributed by atoms with E-state index in [9.17, 15) is 9.32 Å². The van der Waals surface area contributed by atoms with Crippen LogP contribution < -0.4 is 4.74 Å². The minimum Gasteiger partial charge on any atom is -0.491 e. The fourth-order valence-electron chi connectivity index (χ4n) is 2.33. The van der Waals surface area contributed by atoms with Gasteiger partial charge in [0.2, 0.25) is 0 Å². The summed E-state index contributed by atoms with van der Waals surface area (Å²) in [6.07, 6.45) is 1.25. The van der Waals surface area contributed by atoms with Crippen molar-refractivity contribution in [3.05, 3.63) is 29.8 Å². The average molecular weight is 353 g/mol. The Kier molecular flexibility index (Phi) is 10.3. The van der Waals surface area contributed by atoms with Gasteiger partial charge in [-0.1, -0.05) is 13.8 Å². The molecule has 0 aliphatic heterocycles. The standard InChI is InChI=1S/C18H28N2O3S/c1-3-11-24(22)12-5-10-20(4-2)14-17(21)15-23-18-8-6-16(13-19)7-9-18/h6-9,17,21H,3-5,10-12,14-15H2,1-2H3/t17-,24-/m1/s1. The van der Waals surface area contributed by atoms with E-state index in [0.29, 0.717) is 17.9 Å². The number of hydrogen-bond donors (Lipinski definition) is 1. The van der Waals surface area contributed by atoms with Crippen LogP contribution in [0.5, 0.6) is 5.75 Å². The third kappa shape index (κ3) is 8.44. The fraction of sp³-hybridized carbons (Fsp3) is 0.611. The van der Waals surface area contributed by atoms with Crippen LogP contribution in [0.2, 0.25) is 0 Å². The van der Waals surface area contributed by atoms with Gasteiger partial charge in [0.05, 0.1) is 11.6 Å². The van der Waals surface area contributed by atoms with Crippen molar-refractivity contribution in [2.24, 2.45) is 0 Å². The van der Waals surface area contributed by atoms with Crippen molar-refractivity contribution in [2.75, 3.05) is 37.7 Å². The SMILES string of the molecule is CCC[S@@](=O)CCCN(CC)C[C@@H](O)COc1ccc(C#N)cc1. The number of rotatable bonds is 12. The van der Waals surface area contributed by atoms with Gasteiger partial charge in [-0.15, -0.1) is 0 Å². The van der Waals surface area contributed by atoms with E-state index in [1.165, 1.54) is 0 Å². The molecule has 0 saturated carbocycles. The Bertz CT molecular complexity index is 528. The van der Waals surface area contributed by atoms with Crippen molar-refractivity contribution in [1.29, 1.82) is 5.26 Å². The number of benzene rings is 1. The number of aliphatic hydroxyl groups is 1. The molecule has 134 valence electrons. The summed E-state index contributed by atoms with van der Waals surface area (Å²) in [6.45, 7) is 6.52. The lowest BCUT2D eigenvalue weighted by atomic mass is 10.2. The predicted octanol–water partition coefficient (Wildman–Crippen LogP) is 2.17. The van der Waals surface area contributed by atoms with Crippen molar-refractivity contribution in [1.82, 2.24) is 4.90 Å². The molecule has 1 rings (SSSR count). The normalized spacial score (nSPS) is 13.5. The van der Waals surface area contributed by atoms with Crippen LogP contribution >= 0.6 is 0 Å². The van der Waals surface area contributed by atoms with E-state index >= 15 is 0 Å². The molecule has 1 aromatic carbocycles. The van der Waals surface area contributed by atoms with Gasteiger partial charge in [-0.25, -0.2) is 0 Å². The zero-order valence-corrected chi connectivity index (χ0v) is 15.4. The second-order valence-corrected chi connectivity index (χ2v) is 7.39. The Morgan fingerprint density at radius 1 is 1.29 bits per heavy atom. The van der Waals surface area contributed by atoms with E-state index in [0.717, 1.165) is 37.4 Å². The van der Waals surface area contributed by atoms with Crippen LogP contribution in [0.4, 0.5) is 0 Å². The van der Waals surface area contributed by atoms with Crippen LogP contribution in [0, 0.1) is 11.3 Å². The van der Waals surface area contributed by atoms with Crippen LogP contribution in [-0.4, -0.2) is 58.1 Å². The third-order valence-electron chi connectivity index (χ3n) is 3.62. The van der Waals surface area contributed by atoms with E-state index in [2.05, 4.69) is 17.9 Å². The molecule has 0 fully saturated rings. The highest BCUT2D eigenvalue weighted by Gasteiger charge is 2.11. The van der Waals surface area contributed by atoms with E-state index in [-0.39, 0.29) is 6.61 Å². The molecular formula is C18H28N2O3S. The number of nitriles is 1. The summed E-state index contributed by atoms with van der Waals surface area (Å²) in [5.41, 5.74) is 0.584. The first kappa shape index (κ1) is 20.6. The van der Waals surface area contributed by atoms with Gasteiger partial charge in [-0.3, -0.25) is 4.21 Å². The Hall–Kier alpha value is -1.42. The molecule has 5 nitrogen and oxygen atoms in total. The fourth-order valence-corrected chi connectivity index (χ4v) is 3.44. The molecule has 0 unspecified atom stereocenters. The van der Waals surface area contributed by atoms with Gasteiger partial charge in [0, 0.05) is 28.9 Å². The largest absolute Gasteiger partial charge is 0.491 e. The van der Waals surface area contributed by atoms with Gasteiger partial charge in [-0.2, -0.15) is 5.26 Å². The summed E-state index contributed by atoms with van der Waals surface area (Å²) in [4.78, 5) is 2.15. The van der Waals surface area contributed by atoms with Crippen LogP contribution in [-0.2, 0) is 10.8 Å². The summed E-state index contributed by atoms with van der Waals surface area (Å²) >= 11 is 0. The number of aliphatic hydroxyl groups excluding tert-OH is 1. The minimum atomic E-state index is -0.719. The molecule has 0 aromatic heterocycles. The topological polar surface area (TPSA) is 73.6 Å². The van der Waals surface area contributed by atoms with Crippen LogP contribution in [0.15, 0.2) is 24.3 Å². The van der Waals surface area contributed by atoms with Crippen LogP contribution in [0.1, 0.15) is 32.3 Å². The quantitative estimate of drug-likeness (QED) is 0.624. The summed E-state index contributed by atoms with van der Waals surface area (Å²) in [5, 5.41) is 18.9. The van der Waals surface area contributed by atoms with E-state index < -0.39 is 16.9 Å². The second-order valence-electron chi connectivity index (χ2n) is 5.70. The first-order chi connectivity index (χ1) is 11.6. The molecule has 0 spiro atoms. The maximum absolute atomic E-state index is 11.6. The molecule has 1 N–H and O–H groups in total.